The van der Waals surface area contributed by atoms with Gasteiger partial charge in [0.25, 0.3) is 0 Å². The highest BCUT2D eigenvalue weighted by atomic mass is 15.1. The Morgan fingerprint density at radius 2 is 1.68 bits per heavy atom. The van der Waals surface area contributed by atoms with E-state index in [0.29, 0.717) is 0 Å². The fourth-order valence-electron chi connectivity index (χ4n) is 4.01. The number of fused-ring (bicyclic) bond motifs is 4. The molecule has 3 aromatic carbocycles. The average Bonchev–Trinajstić information content (AvgIpc) is 3.07. The number of nitrogens with zero attached hydrogens (tertiary/aromatic N) is 4. The molecule has 0 spiro atoms. The Morgan fingerprint density at radius 1 is 0.821 bits per heavy atom. The Labute approximate surface area is 163 Å². The van der Waals surface area contributed by atoms with Gasteiger partial charge in [0.05, 0.1) is 27.8 Å². The number of hydrogen-bond donors (Lipinski definition) is 0. The summed E-state index contributed by atoms with van der Waals surface area (Å²) < 4.78 is 2.21. The minimum absolute atomic E-state index is 0.827. The molecule has 138 valence electrons. The average molecular weight is 366 g/mol. The Bertz CT molecular complexity index is 1320. The zero-order chi connectivity index (χ0) is 19.1. The molecule has 4 nitrogen and oxygen atoms in total. The molecule has 5 aromatic rings. The van der Waals surface area contributed by atoms with Gasteiger partial charge < -0.3 is 4.57 Å². The van der Waals surface area contributed by atoms with Gasteiger partial charge >= 0.3 is 0 Å². The van der Waals surface area contributed by atoms with E-state index in [9.17, 15) is 0 Å². The summed E-state index contributed by atoms with van der Waals surface area (Å²) in [6.07, 6.45) is 4.58. The number of benzene rings is 3. The lowest BCUT2D eigenvalue weighted by Crippen LogP contribution is -2.02. The predicted molar refractivity (Wildman–Crippen MR) is 115 cm³/mol. The molecular weight excluding hydrogens is 344 g/mol. The van der Waals surface area contributed by atoms with E-state index in [1.807, 2.05) is 30.5 Å². The molecule has 4 heteroatoms. The maximum Gasteiger partial charge on any atom is 0.110 e. The van der Waals surface area contributed by atoms with Crippen LogP contribution in [-0.2, 0) is 26.3 Å². The molecule has 0 N–H and O–H groups in total. The normalized spacial score (nSPS) is 11.6. The molecule has 2 aromatic heterocycles. The van der Waals surface area contributed by atoms with Gasteiger partial charge in [-0.2, -0.15) is 0 Å². The van der Waals surface area contributed by atoms with Gasteiger partial charge in [0.15, 0.2) is 0 Å². The Morgan fingerprint density at radius 3 is 2.54 bits per heavy atom. The number of aryl methyl sites for hydroxylation is 4. The van der Waals surface area contributed by atoms with Crippen LogP contribution >= 0.6 is 0 Å². The molecule has 5 rings (SSSR count). The van der Waals surface area contributed by atoms with E-state index in [1.54, 1.807) is 0 Å². The maximum absolute atomic E-state index is 5.01. The third-order valence-corrected chi connectivity index (χ3v) is 5.58. The summed E-state index contributed by atoms with van der Waals surface area (Å²) in [6.45, 7) is 2.20. The number of aromatic nitrogens is 4. The van der Waals surface area contributed by atoms with Crippen molar-refractivity contribution in [1.82, 2.24) is 19.5 Å². The van der Waals surface area contributed by atoms with Gasteiger partial charge in [0.2, 0.25) is 0 Å². The Balaban J connectivity index is 1.51. The largest absolute Gasteiger partial charge is 0.331 e. The van der Waals surface area contributed by atoms with Crippen molar-refractivity contribution in [3.8, 4) is 0 Å². The molecule has 0 aliphatic heterocycles. The number of hydrogen-bond acceptors (Lipinski definition) is 3. The van der Waals surface area contributed by atoms with E-state index < -0.39 is 0 Å². The molecule has 28 heavy (non-hydrogen) atoms. The lowest BCUT2D eigenvalue weighted by atomic mass is 10.0. The van der Waals surface area contributed by atoms with E-state index in [1.165, 1.54) is 21.9 Å². The van der Waals surface area contributed by atoms with Gasteiger partial charge in [0.1, 0.15) is 5.82 Å². The summed E-state index contributed by atoms with van der Waals surface area (Å²) in [5, 5.41) is 2.55. The first kappa shape index (κ1) is 16.9. The van der Waals surface area contributed by atoms with Crippen molar-refractivity contribution in [1.29, 1.82) is 0 Å². The summed E-state index contributed by atoms with van der Waals surface area (Å²) in [5.41, 5.74) is 6.53. The van der Waals surface area contributed by atoms with Crippen LogP contribution in [0, 0.1) is 0 Å². The summed E-state index contributed by atoms with van der Waals surface area (Å²) in [4.78, 5) is 14.3. The van der Waals surface area contributed by atoms with Crippen molar-refractivity contribution in [2.24, 2.45) is 7.05 Å². The number of rotatable bonds is 4. The SMILES string of the molecule is CCc1cccc2c1ccc1c2nc(CCc2cnc3ccccc3n2)n1C. The summed E-state index contributed by atoms with van der Waals surface area (Å²) in [7, 11) is 2.10. The van der Waals surface area contributed by atoms with E-state index >= 15 is 0 Å². The van der Waals surface area contributed by atoms with Gasteiger partial charge in [-0.3, -0.25) is 4.98 Å². The lowest BCUT2D eigenvalue weighted by Gasteiger charge is -2.05. The molecule has 0 aliphatic carbocycles. The molecule has 0 amide bonds. The molecular formula is C24H22N4. The van der Waals surface area contributed by atoms with Crippen molar-refractivity contribution in [2.75, 3.05) is 0 Å². The third-order valence-electron chi connectivity index (χ3n) is 5.58. The second-order valence-corrected chi connectivity index (χ2v) is 7.24. The smallest absolute Gasteiger partial charge is 0.110 e. The number of imidazole rings is 1. The van der Waals surface area contributed by atoms with Crippen molar-refractivity contribution in [3.63, 3.8) is 0 Å². The second kappa shape index (κ2) is 6.71. The summed E-state index contributed by atoms with van der Waals surface area (Å²) in [5.74, 6) is 1.08. The predicted octanol–water partition coefficient (Wildman–Crippen LogP) is 5.02. The van der Waals surface area contributed by atoms with Crippen LogP contribution < -0.4 is 0 Å². The minimum atomic E-state index is 0.827. The molecule has 0 fully saturated rings. The van der Waals surface area contributed by atoms with Crippen LogP contribution in [0.25, 0.3) is 32.8 Å². The van der Waals surface area contributed by atoms with Gasteiger partial charge in [-0.25, -0.2) is 9.97 Å². The molecule has 0 saturated carbocycles. The van der Waals surface area contributed by atoms with E-state index in [4.69, 9.17) is 9.97 Å². The quantitative estimate of drug-likeness (QED) is 0.449. The van der Waals surface area contributed by atoms with Crippen LogP contribution in [0.1, 0.15) is 24.0 Å². The van der Waals surface area contributed by atoms with Crippen LogP contribution in [0.15, 0.2) is 60.8 Å². The molecule has 2 heterocycles. The first-order valence-electron chi connectivity index (χ1n) is 9.81. The highest BCUT2D eigenvalue weighted by Crippen LogP contribution is 2.28. The highest BCUT2D eigenvalue weighted by molar-refractivity contribution is 6.05. The minimum Gasteiger partial charge on any atom is -0.331 e. The first-order valence-corrected chi connectivity index (χ1v) is 9.81. The van der Waals surface area contributed by atoms with E-state index in [0.717, 1.165) is 47.3 Å². The van der Waals surface area contributed by atoms with Gasteiger partial charge in [-0.1, -0.05) is 43.3 Å². The monoisotopic (exact) mass is 366 g/mol. The van der Waals surface area contributed by atoms with Crippen LogP contribution in [0.5, 0.6) is 0 Å². The topological polar surface area (TPSA) is 43.6 Å². The van der Waals surface area contributed by atoms with Crippen molar-refractivity contribution < 1.29 is 0 Å². The highest BCUT2D eigenvalue weighted by Gasteiger charge is 2.12. The van der Waals surface area contributed by atoms with Crippen LogP contribution in [0.3, 0.4) is 0 Å². The zero-order valence-electron chi connectivity index (χ0n) is 16.2. The van der Waals surface area contributed by atoms with Crippen LogP contribution in [-0.4, -0.2) is 19.5 Å². The standard InChI is InChI=1S/C24H22N4/c1-3-16-7-6-8-19-18(16)12-13-22-24(19)27-23(28(22)2)14-11-17-15-25-20-9-4-5-10-21(20)26-17/h4-10,12-13,15H,3,11,14H2,1-2H3. The third kappa shape index (κ3) is 2.73. The Kier molecular flexibility index (Phi) is 4.05. The molecule has 0 atom stereocenters. The fourth-order valence-corrected chi connectivity index (χ4v) is 4.01. The van der Waals surface area contributed by atoms with E-state index in [-0.39, 0.29) is 0 Å². The fraction of sp³-hybridized carbons (Fsp3) is 0.208. The number of para-hydroxylation sites is 2. The van der Waals surface area contributed by atoms with Gasteiger partial charge in [0, 0.05) is 25.1 Å². The van der Waals surface area contributed by atoms with Gasteiger partial charge in [-0.05, 0) is 42.0 Å². The van der Waals surface area contributed by atoms with Crippen molar-refractivity contribution in [3.05, 3.63) is 77.9 Å². The van der Waals surface area contributed by atoms with Crippen molar-refractivity contribution in [2.45, 2.75) is 26.2 Å². The molecule has 0 saturated heterocycles. The molecule has 0 aliphatic rings. The maximum atomic E-state index is 5.01. The second-order valence-electron chi connectivity index (χ2n) is 7.24. The zero-order valence-corrected chi connectivity index (χ0v) is 16.2. The van der Waals surface area contributed by atoms with Gasteiger partial charge in [-0.15, -0.1) is 0 Å². The first-order chi connectivity index (χ1) is 13.7. The van der Waals surface area contributed by atoms with Crippen LogP contribution in [0.2, 0.25) is 0 Å². The lowest BCUT2D eigenvalue weighted by molar-refractivity contribution is 0.776. The summed E-state index contributed by atoms with van der Waals surface area (Å²) in [6, 6.07) is 19.0. The summed E-state index contributed by atoms with van der Waals surface area (Å²) >= 11 is 0. The van der Waals surface area contributed by atoms with E-state index in [2.05, 4.69) is 53.9 Å². The molecule has 0 radical (unpaired) electrons. The Hall–Kier alpha value is -3.27. The van der Waals surface area contributed by atoms with Crippen LogP contribution in [0.4, 0.5) is 0 Å². The molecule has 0 bridgehead atoms. The van der Waals surface area contributed by atoms with Crippen molar-refractivity contribution >= 4 is 32.8 Å². The molecule has 0 unspecified atom stereocenters.